The summed E-state index contributed by atoms with van der Waals surface area (Å²) in [5.74, 6) is 0.609. The molecule has 0 unspecified atom stereocenters. The molecule has 6 heteroatoms. The summed E-state index contributed by atoms with van der Waals surface area (Å²) in [5, 5.41) is 0. The SMILES string of the molecule is COc1cc(C(=O)O[C@@H](C(=O)N(C)C)c2ccccc2)ccc1OCCC(C)C. The Hall–Kier alpha value is -3.02. The topological polar surface area (TPSA) is 65.1 Å². The van der Waals surface area contributed by atoms with Gasteiger partial charge in [0, 0.05) is 19.7 Å². The molecule has 156 valence electrons. The number of esters is 1. The predicted octanol–water partition coefficient (Wildman–Crippen LogP) is 4.11. The molecule has 1 amide bonds. The third kappa shape index (κ3) is 6.24. The number of carbonyl (C=O) groups excluding carboxylic acids is 2. The molecular formula is C23H29NO5. The van der Waals surface area contributed by atoms with Gasteiger partial charge in [0.1, 0.15) is 0 Å². The third-order valence-electron chi connectivity index (χ3n) is 4.34. The molecule has 0 saturated carbocycles. The van der Waals surface area contributed by atoms with Gasteiger partial charge >= 0.3 is 5.97 Å². The Morgan fingerprint density at radius 3 is 2.28 bits per heavy atom. The molecule has 0 aromatic heterocycles. The fourth-order valence-corrected chi connectivity index (χ4v) is 2.62. The van der Waals surface area contributed by atoms with Gasteiger partial charge in [0.05, 0.1) is 19.3 Å². The zero-order valence-corrected chi connectivity index (χ0v) is 17.7. The Kier molecular flexibility index (Phi) is 8.07. The number of hydrogen-bond donors (Lipinski definition) is 0. The Morgan fingerprint density at radius 2 is 1.69 bits per heavy atom. The van der Waals surface area contributed by atoms with E-state index in [4.69, 9.17) is 14.2 Å². The molecule has 0 aliphatic heterocycles. The van der Waals surface area contributed by atoms with Crippen LogP contribution in [0, 0.1) is 5.92 Å². The van der Waals surface area contributed by atoms with Crippen LogP contribution in [0.3, 0.4) is 0 Å². The summed E-state index contributed by atoms with van der Waals surface area (Å²) in [4.78, 5) is 26.7. The summed E-state index contributed by atoms with van der Waals surface area (Å²) in [6.07, 6.45) is -0.107. The first-order valence-electron chi connectivity index (χ1n) is 9.61. The van der Waals surface area contributed by atoms with Gasteiger partial charge in [-0.05, 0) is 30.5 Å². The number of ether oxygens (including phenoxy) is 3. The van der Waals surface area contributed by atoms with Gasteiger partial charge < -0.3 is 19.1 Å². The molecule has 0 spiro atoms. The lowest BCUT2D eigenvalue weighted by Crippen LogP contribution is -2.31. The summed E-state index contributed by atoms with van der Waals surface area (Å²) in [5.41, 5.74) is 0.894. The molecule has 6 nitrogen and oxygen atoms in total. The van der Waals surface area contributed by atoms with Crippen molar-refractivity contribution in [2.75, 3.05) is 27.8 Å². The normalized spacial score (nSPS) is 11.7. The first-order valence-corrected chi connectivity index (χ1v) is 9.61. The number of benzene rings is 2. The number of likely N-dealkylation sites (N-methyl/N-ethyl adjacent to an activating group) is 1. The van der Waals surface area contributed by atoms with Crippen LogP contribution in [0.1, 0.15) is 42.3 Å². The number of methoxy groups -OCH3 is 1. The molecule has 2 rings (SSSR count). The molecule has 0 heterocycles. The first-order chi connectivity index (χ1) is 13.8. The zero-order chi connectivity index (χ0) is 21.4. The van der Waals surface area contributed by atoms with E-state index < -0.39 is 12.1 Å². The monoisotopic (exact) mass is 399 g/mol. The van der Waals surface area contributed by atoms with Crippen LogP contribution < -0.4 is 9.47 Å². The number of hydrogen-bond acceptors (Lipinski definition) is 5. The minimum atomic E-state index is -1.02. The number of rotatable bonds is 9. The van der Waals surface area contributed by atoms with Crippen molar-refractivity contribution in [3.8, 4) is 11.5 Å². The van der Waals surface area contributed by atoms with Gasteiger partial charge in [-0.25, -0.2) is 4.79 Å². The molecule has 2 aromatic rings. The van der Waals surface area contributed by atoms with E-state index in [1.807, 2.05) is 6.07 Å². The van der Waals surface area contributed by atoms with Gasteiger partial charge in [-0.3, -0.25) is 4.79 Å². The van der Waals surface area contributed by atoms with E-state index in [0.717, 1.165) is 6.42 Å². The van der Waals surface area contributed by atoms with Gasteiger partial charge in [-0.15, -0.1) is 0 Å². The fourth-order valence-electron chi connectivity index (χ4n) is 2.62. The van der Waals surface area contributed by atoms with Gasteiger partial charge in [-0.2, -0.15) is 0 Å². The average Bonchev–Trinajstić information content (AvgIpc) is 2.71. The fraction of sp³-hybridized carbons (Fsp3) is 0.391. The van der Waals surface area contributed by atoms with Crippen molar-refractivity contribution in [1.82, 2.24) is 4.90 Å². The summed E-state index contributed by atoms with van der Waals surface area (Å²) in [7, 11) is 4.76. The van der Waals surface area contributed by atoms with Crippen molar-refractivity contribution in [1.29, 1.82) is 0 Å². The maximum atomic E-state index is 12.7. The van der Waals surface area contributed by atoms with E-state index in [-0.39, 0.29) is 11.5 Å². The minimum absolute atomic E-state index is 0.283. The van der Waals surface area contributed by atoms with Crippen LogP contribution in [0.4, 0.5) is 0 Å². The van der Waals surface area contributed by atoms with E-state index >= 15 is 0 Å². The molecule has 0 fully saturated rings. The summed E-state index contributed by atoms with van der Waals surface area (Å²) in [6.45, 7) is 4.81. The highest BCUT2D eigenvalue weighted by atomic mass is 16.5. The maximum absolute atomic E-state index is 12.7. The molecule has 0 radical (unpaired) electrons. The maximum Gasteiger partial charge on any atom is 0.339 e. The van der Waals surface area contributed by atoms with Crippen molar-refractivity contribution < 1.29 is 23.8 Å². The van der Waals surface area contributed by atoms with Crippen LogP contribution in [-0.2, 0) is 9.53 Å². The van der Waals surface area contributed by atoms with Crippen molar-refractivity contribution in [3.63, 3.8) is 0 Å². The van der Waals surface area contributed by atoms with Crippen LogP contribution in [0.5, 0.6) is 11.5 Å². The average molecular weight is 399 g/mol. The molecule has 0 aliphatic rings. The number of nitrogens with zero attached hydrogens (tertiary/aromatic N) is 1. The highest BCUT2D eigenvalue weighted by molar-refractivity contribution is 5.93. The largest absolute Gasteiger partial charge is 0.493 e. The van der Waals surface area contributed by atoms with E-state index in [9.17, 15) is 9.59 Å². The lowest BCUT2D eigenvalue weighted by Gasteiger charge is -2.21. The van der Waals surface area contributed by atoms with E-state index in [0.29, 0.717) is 29.6 Å². The summed E-state index contributed by atoms with van der Waals surface area (Å²) < 4.78 is 16.7. The van der Waals surface area contributed by atoms with Crippen LogP contribution in [0.25, 0.3) is 0 Å². The minimum Gasteiger partial charge on any atom is -0.493 e. The second-order valence-electron chi connectivity index (χ2n) is 7.33. The van der Waals surface area contributed by atoms with Crippen molar-refractivity contribution >= 4 is 11.9 Å². The molecule has 0 saturated heterocycles. The zero-order valence-electron chi connectivity index (χ0n) is 17.7. The number of amides is 1. The van der Waals surface area contributed by atoms with Crippen molar-refractivity contribution in [2.45, 2.75) is 26.4 Å². The highest BCUT2D eigenvalue weighted by Crippen LogP contribution is 2.30. The first kappa shape index (κ1) is 22.3. The Balaban J connectivity index is 2.20. The van der Waals surface area contributed by atoms with Gasteiger partial charge in [-0.1, -0.05) is 44.2 Å². The second-order valence-corrected chi connectivity index (χ2v) is 7.33. The van der Waals surface area contributed by atoms with Gasteiger partial charge in [0.2, 0.25) is 6.10 Å². The van der Waals surface area contributed by atoms with Crippen molar-refractivity contribution in [3.05, 3.63) is 59.7 Å². The molecular weight excluding hydrogens is 370 g/mol. The molecule has 0 bridgehead atoms. The molecule has 1 atom stereocenters. The van der Waals surface area contributed by atoms with E-state index in [1.54, 1.807) is 56.6 Å². The smallest absolute Gasteiger partial charge is 0.339 e. The summed E-state index contributed by atoms with van der Waals surface area (Å²) >= 11 is 0. The van der Waals surface area contributed by atoms with Gasteiger partial charge in [0.25, 0.3) is 5.91 Å². The molecule has 29 heavy (non-hydrogen) atoms. The Labute approximate surface area is 172 Å². The predicted molar refractivity (Wildman–Crippen MR) is 111 cm³/mol. The van der Waals surface area contributed by atoms with Crippen LogP contribution >= 0.6 is 0 Å². The van der Waals surface area contributed by atoms with Crippen molar-refractivity contribution in [2.24, 2.45) is 5.92 Å². The second kappa shape index (κ2) is 10.5. The highest BCUT2D eigenvalue weighted by Gasteiger charge is 2.27. The third-order valence-corrected chi connectivity index (χ3v) is 4.34. The molecule has 0 N–H and O–H groups in total. The standard InChI is InChI=1S/C23H29NO5/c1-16(2)13-14-28-19-12-11-18(15-20(19)27-5)23(26)29-21(22(25)24(3)4)17-9-7-6-8-10-17/h6-12,15-16,21H,13-14H2,1-5H3/t21-/m1/s1. The molecule has 2 aromatic carbocycles. The molecule has 0 aliphatic carbocycles. The summed E-state index contributed by atoms with van der Waals surface area (Å²) in [6, 6.07) is 13.8. The lowest BCUT2D eigenvalue weighted by molar-refractivity contribution is -0.138. The number of carbonyl (C=O) groups is 2. The quantitative estimate of drug-likeness (QED) is 0.594. The Bertz CT molecular complexity index is 817. The van der Waals surface area contributed by atoms with Crippen LogP contribution in [-0.4, -0.2) is 44.6 Å². The van der Waals surface area contributed by atoms with E-state index in [1.165, 1.54) is 12.0 Å². The Morgan fingerprint density at radius 1 is 1.00 bits per heavy atom. The lowest BCUT2D eigenvalue weighted by atomic mass is 10.1. The van der Waals surface area contributed by atoms with E-state index in [2.05, 4.69) is 13.8 Å². The van der Waals surface area contributed by atoms with Crippen LogP contribution in [0.15, 0.2) is 48.5 Å². The van der Waals surface area contributed by atoms with Gasteiger partial charge in [0.15, 0.2) is 11.5 Å². The van der Waals surface area contributed by atoms with Crippen LogP contribution in [0.2, 0.25) is 0 Å².